The maximum atomic E-state index is 12.1. The molecule has 2 amide bonds. The number of rotatable bonds is 14. The van der Waals surface area contributed by atoms with E-state index in [1.54, 1.807) is 23.1 Å². The van der Waals surface area contributed by atoms with Crippen molar-refractivity contribution >= 4 is 96.4 Å². The minimum absolute atomic E-state index is 0.0342. The number of amides is 2. The summed E-state index contributed by atoms with van der Waals surface area (Å²) in [5.74, 6) is 1.25. The normalized spacial score (nSPS) is 22.0. The molecule has 6 atom stereocenters. The van der Waals surface area contributed by atoms with E-state index in [4.69, 9.17) is 0 Å². The van der Waals surface area contributed by atoms with E-state index in [2.05, 4.69) is 90.7 Å². The van der Waals surface area contributed by atoms with Crippen molar-refractivity contribution in [3.63, 3.8) is 0 Å². The maximum absolute atomic E-state index is 12.1. The quantitative estimate of drug-likeness (QED) is 0.0490. The van der Waals surface area contributed by atoms with Crippen LogP contribution in [0.5, 0.6) is 0 Å². The van der Waals surface area contributed by atoms with Gasteiger partial charge in [-0.1, -0.05) is 91.0 Å². The Morgan fingerprint density at radius 1 is 0.429 bits per heavy atom. The number of nitrogens with zero attached hydrogens (tertiary/aromatic N) is 6. The van der Waals surface area contributed by atoms with Crippen molar-refractivity contribution in [3.8, 4) is 0 Å². The monoisotopic (exact) mass is 1500 g/mol. The first kappa shape index (κ1) is 78.3. The summed E-state index contributed by atoms with van der Waals surface area (Å²) in [4.78, 5) is 45.2. The number of hydrogen-bond donors (Lipinski definition) is 9. The predicted octanol–water partition coefficient (Wildman–Crippen LogP) is 9.65. The standard InChI is InChI=1S/C17H25N3O2S.2C16H20N2O2.2C15H20N2O3S/c1-19(2)12-14-10-13(8-9-20(14)23(3,21)22)16-11-18-17-7-5-4-6-15(16)17;1-12(20)18-8-6-16(11-19,7-9-18)14-10-17-15-5-3-2-4-13(14)15;1-11(20)18-7-6-12(8-13(18)10-19)15-9-17-16-5-3-2-4-14(15)16;1-21(19,20)17-8-6-15(11-18,7-9-17)13-10-16-14-5-3-2-4-12(13)14;1-21(19,20)17-7-6-11(8-12(17)10-18)14-9-16-15-5-3-2-4-13(14)15/h4-7,11,13-14,18H,8-10,12H2,1-3H3;2-5,10,17,19H,6-9,11H2,1H3;2-5,9,12-13,17,19H,6-8,10H2,1H3;2-5,10,16,18H,6-9,11H2,1H3;2-5,9,11-12,16,18H,6-8,10H2,1H3. The number of aromatic nitrogens is 5. The van der Waals surface area contributed by atoms with Gasteiger partial charge in [-0.05, 0) is 154 Å². The summed E-state index contributed by atoms with van der Waals surface area (Å²) in [7, 11) is -5.57. The van der Waals surface area contributed by atoms with Crippen molar-refractivity contribution in [2.75, 3.05) is 112 Å². The zero-order chi connectivity index (χ0) is 75.0. The predicted molar refractivity (Wildman–Crippen MR) is 417 cm³/mol. The summed E-state index contributed by atoms with van der Waals surface area (Å²) in [6, 6.07) is 40.6. The molecule has 0 saturated carbocycles. The Kier molecular flexibility index (Phi) is 25.1. The molecule has 9 N–H and O–H groups in total. The number of benzene rings is 5. The topological polar surface area (TPSA) is 316 Å². The second-order valence-corrected chi connectivity index (χ2v) is 35.5. The first-order chi connectivity index (χ1) is 50.2. The van der Waals surface area contributed by atoms with Crippen LogP contribution in [0.1, 0.15) is 124 Å². The number of carbonyl (C=O) groups is 2. The molecule has 23 nitrogen and oxygen atoms in total. The number of aromatic amines is 5. The number of aliphatic hydroxyl groups excluding tert-OH is 4. The Morgan fingerprint density at radius 2 is 0.762 bits per heavy atom. The van der Waals surface area contributed by atoms with E-state index in [0.29, 0.717) is 57.3 Å². The SMILES string of the molecule is CC(=O)N1CCC(CO)(c2c[nH]c3ccccc23)CC1.CC(=O)N1CCC(c2c[nH]c3ccccc23)CC1CO.CN(C)CC1CC(c2c[nH]c3ccccc23)CCN1S(C)(=O)=O.CS(=O)(=O)N1CCC(CO)(c2c[nH]c3ccccc23)CC1.CS(=O)(=O)N1CCC(c2c[nH]c3ccccc23)CC1CO. The fraction of sp³-hybridized carbons (Fsp3) is 0.468. The van der Waals surface area contributed by atoms with Gasteiger partial charge in [0, 0.05) is 175 Å². The zero-order valence-electron chi connectivity index (χ0n) is 61.4. The van der Waals surface area contributed by atoms with Crippen LogP contribution in [-0.2, 0) is 50.5 Å². The molecule has 10 heterocycles. The van der Waals surface area contributed by atoms with E-state index in [-0.39, 0.29) is 73.1 Å². The van der Waals surface area contributed by atoms with Crippen molar-refractivity contribution in [3.05, 3.63) is 180 Å². The summed E-state index contributed by atoms with van der Waals surface area (Å²) in [5, 5.41) is 45.0. The minimum Gasteiger partial charge on any atom is -0.395 e. The molecule has 0 bridgehead atoms. The van der Waals surface area contributed by atoms with Crippen LogP contribution in [0.15, 0.2) is 152 Å². The zero-order valence-corrected chi connectivity index (χ0v) is 63.9. The van der Waals surface area contributed by atoms with E-state index in [0.717, 1.165) is 110 Å². The third-order valence-electron chi connectivity index (χ3n) is 22.7. The minimum atomic E-state index is -3.26. The van der Waals surface area contributed by atoms with Gasteiger partial charge in [-0.3, -0.25) is 9.59 Å². The lowest BCUT2D eigenvalue weighted by molar-refractivity contribution is -0.134. The molecule has 10 aromatic rings. The highest BCUT2D eigenvalue weighted by atomic mass is 32.2. The Hall–Kier alpha value is -7.73. The molecule has 105 heavy (non-hydrogen) atoms. The van der Waals surface area contributed by atoms with Crippen LogP contribution in [0.25, 0.3) is 54.5 Å². The molecule has 0 aliphatic carbocycles. The number of piperidine rings is 5. The smallest absolute Gasteiger partial charge is 0.219 e. The van der Waals surface area contributed by atoms with Gasteiger partial charge in [-0.15, -0.1) is 0 Å². The van der Waals surface area contributed by atoms with Gasteiger partial charge in [-0.2, -0.15) is 8.61 Å². The van der Waals surface area contributed by atoms with Gasteiger partial charge in [0.1, 0.15) is 0 Å². The fourth-order valence-corrected chi connectivity index (χ4v) is 20.1. The molecular weight excluding hydrogens is 1390 g/mol. The van der Waals surface area contributed by atoms with Crippen molar-refractivity contribution in [2.45, 2.75) is 125 Å². The Morgan fingerprint density at radius 3 is 1.11 bits per heavy atom. The number of carbonyl (C=O) groups excluding carboxylic acids is 2. The van der Waals surface area contributed by atoms with E-state index < -0.39 is 30.1 Å². The second-order valence-electron chi connectivity index (χ2n) is 29.6. The highest BCUT2D eigenvalue weighted by molar-refractivity contribution is 7.88. The van der Waals surface area contributed by atoms with Crippen LogP contribution in [0, 0.1) is 0 Å². The average molecular weight is 1500 g/mol. The second kappa shape index (κ2) is 33.6. The molecule has 5 saturated heterocycles. The van der Waals surface area contributed by atoms with Gasteiger partial charge in [0.2, 0.25) is 41.9 Å². The fourth-order valence-electron chi connectivity index (χ4n) is 17.0. The molecule has 26 heteroatoms. The van der Waals surface area contributed by atoms with Crippen LogP contribution in [0.4, 0.5) is 0 Å². The van der Waals surface area contributed by atoms with E-state index in [9.17, 15) is 55.3 Å². The number of likely N-dealkylation sites (N-methyl/N-ethyl adjacent to an activating group) is 1. The third-order valence-corrected chi connectivity index (χ3v) is 26.7. The van der Waals surface area contributed by atoms with Gasteiger partial charge in [-0.25, -0.2) is 29.6 Å². The summed E-state index contributed by atoms with van der Waals surface area (Å²) in [6.45, 7) is 8.15. The van der Waals surface area contributed by atoms with Gasteiger partial charge in [0.15, 0.2) is 0 Å². The molecular formula is C79H105N11O12S3. The molecule has 5 aliphatic heterocycles. The molecule has 0 radical (unpaired) electrons. The number of likely N-dealkylation sites (tertiary alicyclic amines) is 2. The highest BCUT2D eigenvalue weighted by Gasteiger charge is 2.42. The van der Waals surface area contributed by atoms with Gasteiger partial charge in [0.05, 0.1) is 51.2 Å². The number of H-pyrrole nitrogens is 5. The molecule has 5 fully saturated rings. The summed E-state index contributed by atoms with van der Waals surface area (Å²) < 4.78 is 75.6. The maximum Gasteiger partial charge on any atom is 0.219 e. The van der Waals surface area contributed by atoms with Crippen molar-refractivity contribution in [1.82, 2.24) is 52.5 Å². The molecule has 15 rings (SSSR count). The van der Waals surface area contributed by atoms with Crippen LogP contribution < -0.4 is 0 Å². The van der Waals surface area contributed by atoms with E-state index in [1.165, 1.54) is 71.2 Å². The summed E-state index contributed by atoms with van der Waals surface area (Å²) >= 11 is 0. The Balaban J connectivity index is 0.000000131. The average Bonchev–Trinajstić information content (AvgIpc) is 1.70. The number of hydrogen-bond acceptors (Lipinski definition) is 13. The highest BCUT2D eigenvalue weighted by Crippen LogP contribution is 2.43. The lowest BCUT2D eigenvalue weighted by atomic mass is 9.73. The number of aliphatic hydroxyl groups is 4. The lowest BCUT2D eigenvalue weighted by Crippen LogP contribution is -2.49. The van der Waals surface area contributed by atoms with Crippen molar-refractivity contribution in [1.29, 1.82) is 0 Å². The van der Waals surface area contributed by atoms with E-state index in [1.807, 2.05) is 110 Å². The molecule has 566 valence electrons. The van der Waals surface area contributed by atoms with Crippen molar-refractivity contribution < 1.29 is 55.3 Å². The van der Waals surface area contributed by atoms with Crippen LogP contribution in [0.2, 0.25) is 0 Å². The molecule has 5 aliphatic rings. The number of para-hydroxylation sites is 5. The van der Waals surface area contributed by atoms with Gasteiger partial charge >= 0.3 is 0 Å². The van der Waals surface area contributed by atoms with E-state index >= 15 is 0 Å². The lowest BCUT2D eigenvalue weighted by Gasteiger charge is -2.40. The molecule has 0 spiro atoms. The van der Waals surface area contributed by atoms with Crippen LogP contribution in [-0.4, -0.2) is 240 Å². The van der Waals surface area contributed by atoms with Crippen LogP contribution in [0.3, 0.4) is 0 Å². The van der Waals surface area contributed by atoms with Gasteiger partial charge in [0.25, 0.3) is 0 Å². The van der Waals surface area contributed by atoms with Crippen LogP contribution >= 0.6 is 0 Å². The number of fused-ring (bicyclic) bond motifs is 5. The Bertz CT molecular complexity index is 4930. The third kappa shape index (κ3) is 17.8. The summed E-state index contributed by atoms with van der Waals surface area (Å²) in [5.41, 5.74) is 11.1. The van der Waals surface area contributed by atoms with Gasteiger partial charge < -0.3 is 60.0 Å². The largest absolute Gasteiger partial charge is 0.395 e. The summed E-state index contributed by atoms with van der Waals surface area (Å²) in [6.07, 6.45) is 21.8. The first-order valence-electron chi connectivity index (χ1n) is 36.5. The van der Waals surface area contributed by atoms with Crippen molar-refractivity contribution in [2.24, 2.45) is 0 Å². The number of sulfonamides is 3. The first-order valence-corrected chi connectivity index (χ1v) is 42.0. The molecule has 6 unspecified atom stereocenters. The Labute approximate surface area is 617 Å². The molecule has 5 aromatic heterocycles. The molecule has 5 aromatic carbocycles. The number of nitrogens with one attached hydrogen (secondary N) is 5.